The molecule has 1 aromatic heterocycles. The normalized spacial score (nSPS) is 17.4. The molecule has 1 N–H and O–H groups in total. The van der Waals surface area contributed by atoms with Crippen LogP contribution in [0, 0.1) is 13.8 Å². The van der Waals surface area contributed by atoms with Gasteiger partial charge in [-0.05, 0) is 25.0 Å². The van der Waals surface area contributed by atoms with Crippen molar-refractivity contribution in [1.29, 1.82) is 0 Å². The number of rotatable bonds is 2. The molecule has 2 heterocycles. The monoisotopic (exact) mass is 283 g/mol. The lowest BCUT2D eigenvalue weighted by molar-refractivity contribution is -0.138. The van der Waals surface area contributed by atoms with Crippen molar-refractivity contribution in [2.24, 2.45) is 0 Å². The van der Waals surface area contributed by atoms with E-state index in [0.29, 0.717) is 18.8 Å². The number of aryl methyl sites for hydroxylation is 2. The number of fused-ring (bicyclic) bond motifs is 1. The molecule has 1 aliphatic rings. The molecule has 0 radical (unpaired) electrons. The summed E-state index contributed by atoms with van der Waals surface area (Å²) in [6.45, 7) is 4.27. The Morgan fingerprint density at radius 3 is 2.71 bits per heavy atom. The highest BCUT2D eigenvalue weighted by Crippen LogP contribution is 2.29. The molecule has 108 valence electrons. The summed E-state index contributed by atoms with van der Waals surface area (Å²) in [6.07, 6.45) is 2.19. The Morgan fingerprint density at radius 1 is 1.29 bits per heavy atom. The molecule has 21 heavy (non-hydrogen) atoms. The van der Waals surface area contributed by atoms with E-state index in [0.717, 1.165) is 22.5 Å². The summed E-state index contributed by atoms with van der Waals surface area (Å²) >= 11 is 0. The SMILES string of the molecule is Cc1cnc(C)c(N2Cc3ccccc3CC2C(=O)O)n1. The Morgan fingerprint density at radius 2 is 2.00 bits per heavy atom. The van der Waals surface area contributed by atoms with Crippen LogP contribution in [0.15, 0.2) is 30.5 Å². The number of carbonyl (C=O) groups is 1. The molecule has 0 spiro atoms. The van der Waals surface area contributed by atoms with Crippen LogP contribution in [0.2, 0.25) is 0 Å². The van der Waals surface area contributed by atoms with E-state index in [4.69, 9.17) is 0 Å². The minimum atomic E-state index is -0.827. The van der Waals surface area contributed by atoms with Gasteiger partial charge in [0.15, 0.2) is 5.82 Å². The molecule has 0 saturated carbocycles. The highest BCUT2D eigenvalue weighted by Gasteiger charge is 2.33. The van der Waals surface area contributed by atoms with E-state index in [1.54, 1.807) is 6.20 Å². The Balaban J connectivity index is 2.07. The average Bonchev–Trinajstić information content (AvgIpc) is 2.48. The van der Waals surface area contributed by atoms with Gasteiger partial charge >= 0.3 is 5.97 Å². The van der Waals surface area contributed by atoms with E-state index >= 15 is 0 Å². The number of anilines is 1. The molecule has 3 rings (SSSR count). The van der Waals surface area contributed by atoms with Crippen molar-refractivity contribution in [3.8, 4) is 0 Å². The number of carboxylic acid groups (broad SMARTS) is 1. The van der Waals surface area contributed by atoms with Crippen LogP contribution in [0.1, 0.15) is 22.5 Å². The van der Waals surface area contributed by atoms with Crippen LogP contribution in [-0.2, 0) is 17.8 Å². The van der Waals surface area contributed by atoms with Crippen molar-refractivity contribution in [2.45, 2.75) is 32.9 Å². The van der Waals surface area contributed by atoms with Crippen molar-refractivity contribution in [3.63, 3.8) is 0 Å². The summed E-state index contributed by atoms with van der Waals surface area (Å²) in [5, 5.41) is 9.57. The lowest BCUT2D eigenvalue weighted by Gasteiger charge is -2.35. The molecule has 1 atom stereocenters. The number of aliphatic carboxylic acids is 1. The maximum Gasteiger partial charge on any atom is 0.326 e. The van der Waals surface area contributed by atoms with Crippen molar-refractivity contribution in [3.05, 3.63) is 53.0 Å². The minimum Gasteiger partial charge on any atom is -0.480 e. The largest absolute Gasteiger partial charge is 0.480 e. The van der Waals surface area contributed by atoms with Crippen LogP contribution >= 0.6 is 0 Å². The zero-order valence-corrected chi connectivity index (χ0v) is 12.1. The van der Waals surface area contributed by atoms with Gasteiger partial charge in [0.1, 0.15) is 6.04 Å². The van der Waals surface area contributed by atoms with Gasteiger partial charge in [0.05, 0.1) is 11.4 Å². The predicted molar refractivity (Wildman–Crippen MR) is 79.3 cm³/mol. The van der Waals surface area contributed by atoms with E-state index in [2.05, 4.69) is 9.97 Å². The van der Waals surface area contributed by atoms with E-state index in [1.807, 2.05) is 43.0 Å². The van der Waals surface area contributed by atoms with Gasteiger partial charge in [-0.15, -0.1) is 0 Å². The minimum absolute atomic E-state index is 0.487. The van der Waals surface area contributed by atoms with Gasteiger partial charge in [0.2, 0.25) is 0 Å². The van der Waals surface area contributed by atoms with E-state index in [1.165, 1.54) is 0 Å². The average molecular weight is 283 g/mol. The first-order valence-corrected chi connectivity index (χ1v) is 6.92. The molecule has 0 fully saturated rings. The van der Waals surface area contributed by atoms with Gasteiger partial charge in [-0.3, -0.25) is 4.98 Å². The van der Waals surface area contributed by atoms with E-state index in [9.17, 15) is 9.90 Å². The lowest BCUT2D eigenvalue weighted by Crippen LogP contribution is -2.46. The summed E-state index contributed by atoms with van der Waals surface area (Å²) in [7, 11) is 0. The maximum absolute atomic E-state index is 11.7. The molecule has 0 amide bonds. The number of hydrogen-bond donors (Lipinski definition) is 1. The molecular weight excluding hydrogens is 266 g/mol. The summed E-state index contributed by atoms with van der Waals surface area (Å²) < 4.78 is 0. The standard InChI is InChI=1S/C16H17N3O2/c1-10-8-17-11(2)15(18-10)19-9-13-6-4-3-5-12(13)7-14(19)16(20)21/h3-6,8,14H,7,9H2,1-2H3,(H,20,21). The summed E-state index contributed by atoms with van der Waals surface area (Å²) in [6, 6.07) is 7.36. The Hall–Kier alpha value is -2.43. The van der Waals surface area contributed by atoms with Crippen LogP contribution in [0.25, 0.3) is 0 Å². The van der Waals surface area contributed by atoms with Crippen molar-refractivity contribution in [1.82, 2.24) is 9.97 Å². The third-order valence-corrected chi connectivity index (χ3v) is 3.86. The second-order valence-corrected chi connectivity index (χ2v) is 5.38. The first kappa shape index (κ1) is 13.5. The second kappa shape index (κ2) is 5.16. The van der Waals surface area contributed by atoms with Crippen molar-refractivity contribution in [2.75, 3.05) is 4.90 Å². The molecule has 0 aliphatic carbocycles. The third-order valence-electron chi connectivity index (χ3n) is 3.86. The third kappa shape index (κ3) is 2.46. The number of hydrogen-bond acceptors (Lipinski definition) is 4. The highest BCUT2D eigenvalue weighted by atomic mass is 16.4. The smallest absolute Gasteiger partial charge is 0.326 e. The number of carboxylic acids is 1. The van der Waals surface area contributed by atoms with Crippen molar-refractivity contribution >= 4 is 11.8 Å². The predicted octanol–water partition coefficient (Wildman–Crippen LogP) is 2.11. The van der Waals surface area contributed by atoms with Crippen LogP contribution in [0.4, 0.5) is 5.82 Å². The summed E-state index contributed by atoms with van der Waals surface area (Å²) in [5.74, 6) is -0.163. The molecular formula is C16H17N3O2. The highest BCUT2D eigenvalue weighted by molar-refractivity contribution is 5.79. The molecule has 1 aliphatic heterocycles. The first-order valence-electron chi connectivity index (χ1n) is 6.92. The second-order valence-electron chi connectivity index (χ2n) is 5.38. The number of benzene rings is 1. The zero-order valence-electron chi connectivity index (χ0n) is 12.1. The van der Waals surface area contributed by atoms with Crippen molar-refractivity contribution < 1.29 is 9.90 Å². The van der Waals surface area contributed by atoms with Gasteiger partial charge in [-0.2, -0.15) is 0 Å². The number of nitrogens with zero attached hydrogens (tertiary/aromatic N) is 3. The molecule has 5 heteroatoms. The van der Waals surface area contributed by atoms with Gasteiger partial charge < -0.3 is 10.0 Å². The number of aromatic nitrogens is 2. The Bertz CT molecular complexity index is 700. The first-order chi connectivity index (χ1) is 10.1. The Labute approximate surface area is 123 Å². The summed E-state index contributed by atoms with van der Waals surface area (Å²) in [5.41, 5.74) is 3.79. The topological polar surface area (TPSA) is 66.3 Å². The quantitative estimate of drug-likeness (QED) is 0.914. The molecule has 5 nitrogen and oxygen atoms in total. The van der Waals surface area contributed by atoms with Crippen LogP contribution in [0.5, 0.6) is 0 Å². The van der Waals surface area contributed by atoms with Crippen LogP contribution in [0.3, 0.4) is 0 Å². The molecule has 2 aromatic rings. The van der Waals surface area contributed by atoms with Crippen LogP contribution < -0.4 is 4.90 Å². The van der Waals surface area contributed by atoms with E-state index < -0.39 is 12.0 Å². The molecule has 0 saturated heterocycles. The van der Waals surface area contributed by atoms with E-state index in [-0.39, 0.29) is 0 Å². The summed E-state index contributed by atoms with van der Waals surface area (Å²) in [4.78, 5) is 22.3. The van der Waals surface area contributed by atoms with Crippen LogP contribution in [-0.4, -0.2) is 27.1 Å². The fourth-order valence-corrected chi connectivity index (χ4v) is 2.76. The molecule has 1 unspecified atom stereocenters. The fraction of sp³-hybridized carbons (Fsp3) is 0.312. The fourth-order valence-electron chi connectivity index (χ4n) is 2.76. The van der Waals surface area contributed by atoms with Gasteiger partial charge in [0.25, 0.3) is 0 Å². The Kier molecular flexibility index (Phi) is 3.33. The zero-order chi connectivity index (χ0) is 15.0. The van der Waals surface area contributed by atoms with Gasteiger partial charge in [0, 0.05) is 19.2 Å². The van der Waals surface area contributed by atoms with Gasteiger partial charge in [-0.25, -0.2) is 9.78 Å². The lowest BCUT2D eigenvalue weighted by atomic mass is 9.94. The van der Waals surface area contributed by atoms with Gasteiger partial charge in [-0.1, -0.05) is 24.3 Å². The molecule has 0 bridgehead atoms. The maximum atomic E-state index is 11.7. The molecule has 1 aromatic carbocycles.